The molecule has 74 valence electrons. The molecule has 2 aliphatic rings. The summed E-state index contributed by atoms with van der Waals surface area (Å²) in [6, 6.07) is 1.18. The minimum atomic E-state index is 0.419. The Labute approximate surface area is 83.1 Å². The zero-order chi connectivity index (χ0) is 9.71. The summed E-state index contributed by atoms with van der Waals surface area (Å²) in [5, 5.41) is 0. The Balaban J connectivity index is 2.01. The molecule has 0 bridgehead atoms. The van der Waals surface area contributed by atoms with Crippen molar-refractivity contribution in [2.24, 2.45) is 0 Å². The van der Waals surface area contributed by atoms with E-state index in [1.54, 1.807) is 6.33 Å². The van der Waals surface area contributed by atoms with Crippen molar-refractivity contribution in [1.82, 2.24) is 14.9 Å². The second kappa shape index (κ2) is 2.67. The van der Waals surface area contributed by atoms with Crippen molar-refractivity contribution >= 4 is 5.82 Å². The molecule has 0 spiro atoms. The molecule has 1 saturated carbocycles. The monoisotopic (exact) mass is 190 g/mol. The average molecular weight is 190 g/mol. The Morgan fingerprint density at radius 3 is 2.86 bits per heavy atom. The topological polar surface area (TPSA) is 55.0 Å². The molecular weight excluding hydrogens is 176 g/mol. The average Bonchev–Trinajstić information content (AvgIpc) is 2.94. The number of hydrogen-bond donors (Lipinski definition) is 1. The summed E-state index contributed by atoms with van der Waals surface area (Å²) >= 11 is 0. The Morgan fingerprint density at radius 2 is 2.21 bits per heavy atom. The molecular formula is C10H14N4. The predicted molar refractivity (Wildman–Crippen MR) is 53.4 cm³/mol. The zero-order valence-corrected chi connectivity index (χ0v) is 8.27. The molecule has 1 unspecified atom stereocenters. The van der Waals surface area contributed by atoms with Crippen LogP contribution in [0.5, 0.6) is 0 Å². The van der Waals surface area contributed by atoms with E-state index in [2.05, 4.69) is 21.8 Å². The Hall–Kier alpha value is -1.16. The highest BCUT2D eigenvalue weighted by atomic mass is 15.2. The first kappa shape index (κ1) is 8.17. The van der Waals surface area contributed by atoms with Crippen LogP contribution in [-0.4, -0.2) is 20.9 Å². The smallest absolute Gasteiger partial charge is 0.131 e. The number of anilines is 1. The molecule has 0 amide bonds. The quantitative estimate of drug-likeness (QED) is 0.720. The van der Waals surface area contributed by atoms with E-state index in [-0.39, 0.29) is 0 Å². The van der Waals surface area contributed by atoms with E-state index in [1.165, 1.54) is 12.8 Å². The molecule has 1 aliphatic carbocycles. The Morgan fingerprint density at radius 1 is 1.43 bits per heavy atom. The van der Waals surface area contributed by atoms with E-state index >= 15 is 0 Å². The standard InChI is InChI=1S/C10H14N4/c1-6-9-8(10(11)13-5-12-9)4-14(6)7-2-3-7/h5-7H,2-4H2,1H3,(H2,11,12,13). The van der Waals surface area contributed by atoms with E-state index in [1.807, 2.05) is 0 Å². The Kier molecular flexibility index (Phi) is 1.56. The fourth-order valence-electron chi connectivity index (χ4n) is 2.29. The predicted octanol–water partition coefficient (Wildman–Crippen LogP) is 1.10. The van der Waals surface area contributed by atoms with Crippen LogP contribution in [0.3, 0.4) is 0 Å². The van der Waals surface area contributed by atoms with Crippen LogP contribution in [0.2, 0.25) is 0 Å². The molecule has 3 rings (SSSR count). The largest absolute Gasteiger partial charge is 0.383 e. The van der Waals surface area contributed by atoms with Crippen molar-refractivity contribution in [3.63, 3.8) is 0 Å². The number of nitrogen functional groups attached to an aromatic ring is 1. The highest BCUT2D eigenvalue weighted by Gasteiger charge is 2.39. The lowest BCUT2D eigenvalue weighted by molar-refractivity contribution is 0.216. The molecule has 1 atom stereocenters. The van der Waals surface area contributed by atoms with Gasteiger partial charge in [0.05, 0.1) is 11.7 Å². The van der Waals surface area contributed by atoms with Gasteiger partial charge in [0.1, 0.15) is 12.1 Å². The lowest BCUT2D eigenvalue weighted by atomic mass is 10.2. The number of nitrogens with zero attached hydrogens (tertiary/aromatic N) is 3. The lowest BCUT2D eigenvalue weighted by Gasteiger charge is -2.19. The van der Waals surface area contributed by atoms with E-state index < -0.39 is 0 Å². The van der Waals surface area contributed by atoms with Crippen LogP contribution in [0.4, 0.5) is 5.82 Å². The number of fused-ring (bicyclic) bond motifs is 1. The van der Waals surface area contributed by atoms with E-state index in [9.17, 15) is 0 Å². The van der Waals surface area contributed by atoms with Gasteiger partial charge in [0.25, 0.3) is 0 Å². The maximum atomic E-state index is 5.84. The summed E-state index contributed by atoms with van der Waals surface area (Å²) in [5.74, 6) is 0.657. The summed E-state index contributed by atoms with van der Waals surface area (Å²) in [4.78, 5) is 10.9. The highest BCUT2D eigenvalue weighted by molar-refractivity contribution is 5.45. The third kappa shape index (κ3) is 1.04. The number of nitrogens with two attached hydrogens (primary N) is 1. The van der Waals surface area contributed by atoms with Gasteiger partial charge < -0.3 is 5.73 Å². The molecule has 0 saturated heterocycles. The molecule has 14 heavy (non-hydrogen) atoms. The fourth-order valence-corrected chi connectivity index (χ4v) is 2.29. The second-order valence-electron chi connectivity index (χ2n) is 4.20. The number of aromatic nitrogens is 2. The van der Waals surface area contributed by atoms with Gasteiger partial charge >= 0.3 is 0 Å². The van der Waals surface area contributed by atoms with Crippen molar-refractivity contribution in [3.8, 4) is 0 Å². The summed E-state index contributed by atoms with van der Waals surface area (Å²) in [7, 11) is 0. The highest BCUT2D eigenvalue weighted by Crippen LogP contribution is 2.41. The molecule has 1 aromatic heterocycles. The van der Waals surface area contributed by atoms with Crippen molar-refractivity contribution in [3.05, 3.63) is 17.6 Å². The van der Waals surface area contributed by atoms with Gasteiger partial charge in [0.15, 0.2) is 0 Å². The van der Waals surface area contributed by atoms with Gasteiger partial charge in [0, 0.05) is 18.2 Å². The van der Waals surface area contributed by atoms with E-state index in [0.717, 1.165) is 23.8 Å². The molecule has 1 aromatic rings. The van der Waals surface area contributed by atoms with Gasteiger partial charge in [-0.3, -0.25) is 4.90 Å². The minimum Gasteiger partial charge on any atom is -0.383 e. The van der Waals surface area contributed by atoms with Gasteiger partial charge in [-0.1, -0.05) is 0 Å². The number of rotatable bonds is 1. The second-order valence-corrected chi connectivity index (χ2v) is 4.20. The van der Waals surface area contributed by atoms with Gasteiger partial charge in [0.2, 0.25) is 0 Å². The molecule has 0 radical (unpaired) electrons. The molecule has 0 aromatic carbocycles. The third-order valence-electron chi connectivity index (χ3n) is 3.26. The number of hydrogen-bond acceptors (Lipinski definition) is 4. The van der Waals surface area contributed by atoms with Crippen molar-refractivity contribution in [1.29, 1.82) is 0 Å². The van der Waals surface area contributed by atoms with Gasteiger partial charge in [-0.05, 0) is 19.8 Å². The molecule has 1 fully saturated rings. The van der Waals surface area contributed by atoms with Crippen molar-refractivity contribution in [2.75, 3.05) is 5.73 Å². The molecule has 2 heterocycles. The maximum Gasteiger partial charge on any atom is 0.131 e. The fraction of sp³-hybridized carbons (Fsp3) is 0.600. The SMILES string of the molecule is CC1c2ncnc(N)c2CN1C1CC1. The van der Waals surface area contributed by atoms with E-state index in [0.29, 0.717) is 11.9 Å². The summed E-state index contributed by atoms with van der Waals surface area (Å²) in [6.45, 7) is 3.14. The van der Waals surface area contributed by atoms with Crippen LogP contribution in [0.15, 0.2) is 6.33 Å². The Bertz CT molecular complexity index is 372. The first-order valence-corrected chi connectivity index (χ1v) is 5.12. The van der Waals surface area contributed by atoms with Gasteiger partial charge in [-0.15, -0.1) is 0 Å². The van der Waals surface area contributed by atoms with Crippen molar-refractivity contribution in [2.45, 2.75) is 38.4 Å². The van der Waals surface area contributed by atoms with Crippen LogP contribution in [0.25, 0.3) is 0 Å². The summed E-state index contributed by atoms with van der Waals surface area (Å²) in [6.07, 6.45) is 4.22. The van der Waals surface area contributed by atoms with Crippen LogP contribution in [-0.2, 0) is 6.54 Å². The minimum absolute atomic E-state index is 0.419. The van der Waals surface area contributed by atoms with E-state index in [4.69, 9.17) is 5.73 Å². The maximum absolute atomic E-state index is 5.84. The molecule has 4 nitrogen and oxygen atoms in total. The zero-order valence-electron chi connectivity index (χ0n) is 8.27. The van der Waals surface area contributed by atoms with Gasteiger partial charge in [-0.25, -0.2) is 9.97 Å². The van der Waals surface area contributed by atoms with Crippen LogP contribution >= 0.6 is 0 Å². The lowest BCUT2D eigenvalue weighted by Crippen LogP contribution is -2.22. The molecule has 1 aliphatic heterocycles. The van der Waals surface area contributed by atoms with Crippen LogP contribution in [0, 0.1) is 0 Å². The first-order chi connectivity index (χ1) is 6.77. The molecule has 4 heteroatoms. The first-order valence-electron chi connectivity index (χ1n) is 5.12. The van der Waals surface area contributed by atoms with Crippen molar-refractivity contribution < 1.29 is 0 Å². The third-order valence-corrected chi connectivity index (χ3v) is 3.26. The molecule has 2 N–H and O–H groups in total. The summed E-state index contributed by atoms with van der Waals surface area (Å²) < 4.78 is 0. The van der Waals surface area contributed by atoms with Gasteiger partial charge in [-0.2, -0.15) is 0 Å². The van der Waals surface area contributed by atoms with Crippen LogP contribution in [0.1, 0.15) is 37.1 Å². The van der Waals surface area contributed by atoms with Crippen LogP contribution < -0.4 is 5.73 Å². The normalized spacial score (nSPS) is 26.5. The summed E-state index contributed by atoms with van der Waals surface area (Å²) in [5.41, 5.74) is 8.11.